The lowest BCUT2D eigenvalue weighted by Gasteiger charge is -2.27. The Kier molecular flexibility index (Phi) is 7.27. The number of nitrogens with two attached hydrogens (primary N) is 2. The molecule has 0 amide bonds. The van der Waals surface area contributed by atoms with Crippen LogP contribution in [0.3, 0.4) is 0 Å². The third kappa shape index (κ3) is 5.31. The van der Waals surface area contributed by atoms with Gasteiger partial charge in [-0.2, -0.15) is 4.98 Å². The Bertz CT molecular complexity index is 1940. The number of anilines is 2. The molecular formula is C20H24N10O13P2. The molecule has 45 heavy (non-hydrogen) atoms. The minimum absolute atomic E-state index is 0.0383. The topological polar surface area (TPSA) is 330 Å². The summed E-state index contributed by atoms with van der Waals surface area (Å²) in [5, 5.41) is 22.2. The second-order valence-electron chi connectivity index (χ2n) is 10.1. The molecule has 7 rings (SSSR count). The molecule has 0 aromatic carbocycles. The van der Waals surface area contributed by atoms with Crippen molar-refractivity contribution in [1.29, 1.82) is 0 Å². The first-order valence-corrected chi connectivity index (χ1v) is 15.9. The average molecular weight is 674 g/mol. The van der Waals surface area contributed by atoms with Crippen LogP contribution in [-0.4, -0.2) is 109 Å². The lowest BCUT2D eigenvalue weighted by atomic mass is 10.1. The zero-order chi connectivity index (χ0) is 31.8. The van der Waals surface area contributed by atoms with Crippen LogP contribution in [0.25, 0.3) is 22.3 Å². The van der Waals surface area contributed by atoms with E-state index in [1.165, 1.54) is 10.9 Å². The van der Waals surface area contributed by atoms with E-state index < -0.39 is 83.5 Å². The number of hydrogen-bond acceptors (Lipinski definition) is 18. The Balaban J connectivity index is 1.17. The third-order valence-electron chi connectivity index (χ3n) is 7.32. The summed E-state index contributed by atoms with van der Waals surface area (Å²) in [6, 6.07) is 0. The van der Waals surface area contributed by atoms with Crippen LogP contribution in [0.5, 0.6) is 0 Å². The first-order chi connectivity index (χ1) is 21.3. The Morgan fingerprint density at radius 2 is 1.36 bits per heavy atom. The van der Waals surface area contributed by atoms with E-state index in [0.717, 1.165) is 17.2 Å². The second-order valence-corrected chi connectivity index (χ2v) is 13.0. The summed E-state index contributed by atoms with van der Waals surface area (Å²) < 4.78 is 60.9. The van der Waals surface area contributed by atoms with Crippen molar-refractivity contribution in [2.45, 2.75) is 49.1 Å². The zero-order valence-corrected chi connectivity index (χ0v) is 24.2. The van der Waals surface area contributed by atoms with Crippen molar-refractivity contribution in [3.05, 3.63) is 29.3 Å². The molecule has 3 aliphatic rings. The molecule has 0 radical (unpaired) electrons. The fourth-order valence-corrected chi connectivity index (χ4v) is 7.25. The molecule has 0 bridgehead atoms. The molecule has 4 aromatic heterocycles. The van der Waals surface area contributed by atoms with Gasteiger partial charge in [0.25, 0.3) is 5.56 Å². The molecule has 3 aliphatic heterocycles. The van der Waals surface area contributed by atoms with Gasteiger partial charge in [-0.1, -0.05) is 0 Å². The quantitative estimate of drug-likeness (QED) is 0.109. The fraction of sp³-hybridized carbons (Fsp3) is 0.500. The highest BCUT2D eigenvalue weighted by molar-refractivity contribution is 7.47. The minimum atomic E-state index is -5.06. The Labute approximate surface area is 248 Å². The normalized spacial score (nSPS) is 37.7. The first-order valence-electron chi connectivity index (χ1n) is 13.0. The molecule has 0 saturated carbocycles. The number of rotatable bonds is 2. The predicted octanol–water partition coefficient (Wildman–Crippen LogP) is -2.34. The van der Waals surface area contributed by atoms with Gasteiger partial charge < -0.3 is 40.9 Å². The van der Waals surface area contributed by atoms with Gasteiger partial charge >= 0.3 is 15.6 Å². The van der Waals surface area contributed by atoms with E-state index in [9.17, 15) is 33.9 Å². The molecule has 0 spiro atoms. The van der Waals surface area contributed by atoms with Gasteiger partial charge in [0.2, 0.25) is 5.95 Å². The largest absolute Gasteiger partial charge is 0.472 e. The number of hydrogen-bond donors (Lipinski definition) is 7. The SMILES string of the molecule is Nc1nc2c(ncn2[C@@H]2O[C@H]3COP(=O)(O)O[C@@H]4[C@@H](O)[C@H](n5cnc6c(N)ncnc65)O[C@H]4COP(=O)(O)O[C@@H]3[C@H]2O)c(=O)[nH]1. The lowest BCUT2D eigenvalue weighted by molar-refractivity contribution is -0.0664. The van der Waals surface area contributed by atoms with Crippen LogP contribution in [-0.2, 0) is 36.7 Å². The van der Waals surface area contributed by atoms with E-state index in [0.29, 0.717) is 0 Å². The molecule has 242 valence electrons. The van der Waals surface area contributed by atoms with E-state index in [1.807, 2.05) is 0 Å². The van der Waals surface area contributed by atoms with Gasteiger partial charge in [-0.25, -0.2) is 29.1 Å². The summed E-state index contributed by atoms with van der Waals surface area (Å²) in [6.45, 7) is -1.65. The molecule has 7 heterocycles. The summed E-state index contributed by atoms with van der Waals surface area (Å²) in [7, 11) is -10.1. The number of aliphatic hydroxyl groups excluding tert-OH is 2. The van der Waals surface area contributed by atoms with Gasteiger partial charge in [0.1, 0.15) is 48.5 Å². The van der Waals surface area contributed by atoms with Crippen molar-refractivity contribution in [1.82, 2.24) is 39.0 Å². The second kappa shape index (κ2) is 10.8. The van der Waals surface area contributed by atoms with Crippen molar-refractivity contribution in [2.24, 2.45) is 0 Å². The number of aromatic nitrogens is 8. The summed E-state index contributed by atoms with van der Waals surface area (Å²) >= 11 is 0. The van der Waals surface area contributed by atoms with Crippen LogP contribution in [0.1, 0.15) is 12.5 Å². The van der Waals surface area contributed by atoms with Crippen LogP contribution >= 0.6 is 15.6 Å². The highest BCUT2D eigenvalue weighted by atomic mass is 31.2. The summed E-state index contributed by atoms with van der Waals surface area (Å²) in [5.41, 5.74) is 10.8. The molecule has 9 N–H and O–H groups in total. The van der Waals surface area contributed by atoms with Crippen LogP contribution in [0.4, 0.5) is 11.8 Å². The molecule has 3 fully saturated rings. The standard InChI is InChI=1S/C20H24N10O13P2/c21-14-8-15(24-3-23-14)29(4-25-8)18-10(31)12-6(40-18)1-38-45(36,37)43-13-7(2-39-44(34,35)42-12)41-19(11(13)32)30-5-26-9-16(30)27-20(22)28-17(9)33/h3-7,10-13,18-19,31-32H,1-2H2,(H,34,35)(H,36,37)(H2,21,23,24)(H3,22,27,28,33)/t6-,7-,10+,11+,12-,13-,18+,19+/m0/s1. The molecule has 4 aromatic rings. The molecule has 2 unspecified atom stereocenters. The molecule has 10 atom stereocenters. The number of fused-ring (bicyclic) bond motifs is 4. The van der Waals surface area contributed by atoms with Crippen LogP contribution in [0.2, 0.25) is 0 Å². The molecular weight excluding hydrogens is 650 g/mol. The summed E-state index contributed by atoms with van der Waals surface area (Å²) in [6.07, 6.45) is -9.11. The van der Waals surface area contributed by atoms with Crippen LogP contribution in [0, 0.1) is 0 Å². The number of nitrogen functional groups attached to an aromatic ring is 2. The maximum Gasteiger partial charge on any atom is 0.472 e. The number of phosphoric ester groups is 2. The van der Waals surface area contributed by atoms with Crippen molar-refractivity contribution in [3.8, 4) is 0 Å². The summed E-state index contributed by atoms with van der Waals surface area (Å²) in [4.78, 5) is 55.6. The minimum Gasteiger partial charge on any atom is -0.386 e. The summed E-state index contributed by atoms with van der Waals surface area (Å²) in [5.74, 6) is -0.230. The number of nitrogens with zero attached hydrogens (tertiary/aromatic N) is 7. The van der Waals surface area contributed by atoms with Crippen molar-refractivity contribution in [3.63, 3.8) is 0 Å². The maximum absolute atomic E-state index is 13.1. The van der Waals surface area contributed by atoms with Gasteiger partial charge in [-0.05, 0) is 0 Å². The predicted molar refractivity (Wildman–Crippen MR) is 143 cm³/mol. The third-order valence-corrected chi connectivity index (χ3v) is 9.29. The number of aromatic amines is 1. The van der Waals surface area contributed by atoms with Crippen LogP contribution < -0.4 is 17.0 Å². The smallest absolute Gasteiger partial charge is 0.386 e. The number of phosphoric acid groups is 2. The Morgan fingerprint density at radius 3 is 1.93 bits per heavy atom. The van der Waals surface area contributed by atoms with Gasteiger partial charge in [-0.3, -0.25) is 37.0 Å². The van der Waals surface area contributed by atoms with E-state index in [-0.39, 0.29) is 34.1 Å². The van der Waals surface area contributed by atoms with E-state index in [2.05, 4.69) is 29.9 Å². The number of H-pyrrole nitrogens is 1. The molecule has 25 heteroatoms. The Hall–Kier alpha value is -3.44. The van der Waals surface area contributed by atoms with Gasteiger partial charge in [0, 0.05) is 0 Å². The molecule has 23 nitrogen and oxygen atoms in total. The molecule has 0 aliphatic carbocycles. The van der Waals surface area contributed by atoms with E-state index >= 15 is 0 Å². The highest BCUT2D eigenvalue weighted by Gasteiger charge is 2.54. The number of ether oxygens (including phenoxy) is 2. The van der Waals surface area contributed by atoms with Crippen molar-refractivity contribution < 1.29 is 56.7 Å². The highest BCUT2D eigenvalue weighted by Crippen LogP contribution is 2.53. The van der Waals surface area contributed by atoms with E-state index in [4.69, 9.17) is 39.0 Å². The van der Waals surface area contributed by atoms with Gasteiger partial charge in [0.05, 0.1) is 25.9 Å². The van der Waals surface area contributed by atoms with Crippen molar-refractivity contribution >= 4 is 49.7 Å². The first kappa shape index (κ1) is 30.2. The number of imidazole rings is 2. The fourth-order valence-electron chi connectivity index (χ4n) is 5.32. The van der Waals surface area contributed by atoms with Crippen molar-refractivity contribution in [2.75, 3.05) is 24.7 Å². The maximum atomic E-state index is 13.1. The van der Waals surface area contributed by atoms with E-state index in [1.54, 1.807) is 0 Å². The monoisotopic (exact) mass is 674 g/mol. The lowest BCUT2D eigenvalue weighted by Crippen LogP contribution is -2.39. The zero-order valence-electron chi connectivity index (χ0n) is 22.4. The Morgan fingerprint density at radius 1 is 0.822 bits per heavy atom. The molecule has 3 saturated heterocycles. The van der Waals surface area contributed by atoms with Crippen LogP contribution in [0.15, 0.2) is 23.8 Å². The number of aliphatic hydroxyl groups is 2. The average Bonchev–Trinajstić information content (AvgIpc) is 3.72. The van der Waals surface area contributed by atoms with Gasteiger partial charge in [-0.15, -0.1) is 0 Å². The number of nitrogens with one attached hydrogen (secondary N) is 1. The van der Waals surface area contributed by atoms with Gasteiger partial charge in [0.15, 0.2) is 35.1 Å².